The molecule has 6 heteroatoms. The Kier molecular flexibility index (Phi) is 6.04. The molecule has 2 unspecified atom stereocenters. The maximum absolute atomic E-state index is 12.7. The maximum atomic E-state index is 12.7. The Hall–Kier alpha value is -1.82. The summed E-state index contributed by atoms with van der Waals surface area (Å²) in [6.07, 6.45) is 2.98. The first-order valence-electron chi connectivity index (χ1n) is 8.70. The zero-order valence-corrected chi connectivity index (χ0v) is 15.0. The number of nitrogens with one attached hydrogen (secondary N) is 1. The standard InChI is InChI=1S/C18H28N2O4/c1-5-14(10-20-8-6-7-9-20)24-18(23)16-11(2)15(17(21)22)12(3)19-13(16)4/h11,14,19H,5-10H2,1-4H3,(H,21,22). The van der Waals surface area contributed by atoms with Crippen LogP contribution in [0.4, 0.5) is 0 Å². The van der Waals surface area contributed by atoms with Crippen molar-refractivity contribution in [1.82, 2.24) is 10.2 Å². The summed E-state index contributed by atoms with van der Waals surface area (Å²) in [5, 5.41) is 12.4. The number of aliphatic carboxylic acids is 1. The highest BCUT2D eigenvalue weighted by atomic mass is 16.5. The number of carboxylic acids is 1. The average Bonchev–Trinajstić information content (AvgIpc) is 2.98. The Bertz CT molecular complexity index is 574. The molecule has 1 fully saturated rings. The molecule has 6 nitrogen and oxygen atoms in total. The van der Waals surface area contributed by atoms with Crippen LogP contribution in [-0.4, -0.2) is 47.7 Å². The van der Waals surface area contributed by atoms with E-state index in [2.05, 4.69) is 10.2 Å². The van der Waals surface area contributed by atoms with Crippen molar-refractivity contribution < 1.29 is 19.4 Å². The SMILES string of the molecule is CCC(CN1CCCC1)OC(=O)C1=C(C)NC(C)=C(C(=O)O)C1C. The summed E-state index contributed by atoms with van der Waals surface area (Å²) >= 11 is 0. The number of hydrogen-bond acceptors (Lipinski definition) is 5. The van der Waals surface area contributed by atoms with E-state index in [0.717, 1.165) is 26.1 Å². The molecule has 2 heterocycles. The van der Waals surface area contributed by atoms with Crippen molar-refractivity contribution in [2.24, 2.45) is 5.92 Å². The summed E-state index contributed by atoms with van der Waals surface area (Å²) in [7, 11) is 0. The van der Waals surface area contributed by atoms with Gasteiger partial charge in [0.2, 0.25) is 0 Å². The van der Waals surface area contributed by atoms with E-state index in [1.165, 1.54) is 12.8 Å². The van der Waals surface area contributed by atoms with Crippen LogP contribution < -0.4 is 5.32 Å². The van der Waals surface area contributed by atoms with E-state index in [1.807, 2.05) is 6.92 Å². The fraction of sp³-hybridized carbons (Fsp3) is 0.667. The molecule has 2 atom stereocenters. The molecule has 0 aromatic heterocycles. The van der Waals surface area contributed by atoms with Gasteiger partial charge in [-0.2, -0.15) is 0 Å². The summed E-state index contributed by atoms with van der Waals surface area (Å²) in [5.41, 5.74) is 1.89. The number of rotatable bonds is 6. The number of carbonyl (C=O) groups excluding carboxylic acids is 1. The lowest BCUT2D eigenvalue weighted by molar-refractivity contribution is -0.145. The second-order valence-electron chi connectivity index (χ2n) is 6.67. The van der Waals surface area contributed by atoms with Crippen LogP contribution >= 0.6 is 0 Å². The minimum atomic E-state index is -1.01. The Morgan fingerprint density at radius 1 is 1.25 bits per heavy atom. The van der Waals surface area contributed by atoms with Gasteiger partial charge in [-0.1, -0.05) is 13.8 Å². The molecule has 0 saturated carbocycles. The summed E-state index contributed by atoms with van der Waals surface area (Å²) in [5.74, 6) is -1.90. The van der Waals surface area contributed by atoms with Crippen LogP contribution in [0, 0.1) is 5.92 Å². The zero-order chi connectivity index (χ0) is 17.9. The highest BCUT2D eigenvalue weighted by Gasteiger charge is 2.34. The highest BCUT2D eigenvalue weighted by Crippen LogP contribution is 2.30. The van der Waals surface area contributed by atoms with Gasteiger partial charge in [-0.15, -0.1) is 0 Å². The first-order valence-corrected chi connectivity index (χ1v) is 8.70. The molecule has 134 valence electrons. The van der Waals surface area contributed by atoms with Crippen molar-refractivity contribution in [3.63, 3.8) is 0 Å². The number of hydrogen-bond donors (Lipinski definition) is 2. The lowest BCUT2D eigenvalue weighted by atomic mass is 9.87. The van der Waals surface area contributed by atoms with Crippen LogP contribution in [-0.2, 0) is 14.3 Å². The first kappa shape index (κ1) is 18.5. The van der Waals surface area contributed by atoms with Gasteiger partial charge in [-0.3, -0.25) is 4.90 Å². The molecule has 0 spiro atoms. The van der Waals surface area contributed by atoms with E-state index >= 15 is 0 Å². The molecule has 0 bridgehead atoms. The molecule has 0 radical (unpaired) electrons. The van der Waals surface area contributed by atoms with Gasteiger partial charge in [0.05, 0.1) is 11.1 Å². The van der Waals surface area contributed by atoms with Crippen molar-refractivity contribution in [2.45, 2.75) is 53.1 Å². The van der Waals surface area contributed by atoms with Crippen LogP contribution in [0.15, 0.2) is 22.5 Å². The van der Waals surface area contributed by atoms with Crippen molar-refractivity contribution in [3.05, 3.63) is 22.5 Å². The number of carbonyl (C=O) groups is 2. The molecule has 0 aromatic carbocycles. The van der Waals surface area contributed by atoms with Crippen molar-refractivity contribution in [2.75, 3.05) is 19.6 Å². The van der Waals surface area contributed by atoms with Crippen LogP contribution in [0.25, 0.3) is 0 Å². The molecular weight excluding hydrogens is 308 g/mol. The summed E-state index contributed by atoms with van der Waals surface area (Å²) in [6.45, 7) is 10.1. The fourth-order valence-corrected chi connectivity index (χ4v) is 3.60. The Morgan fingerprint density at radius 3 is 2.38 bits per heavy atom. The topological polar surface area (TPSA) is 78.9 Å². The number of esters is 1. The van der Waals surface area contributed by atoms with Crippen LogP contribution in [0.2, 0.25) is 0 Å². The van der Waals surface area contributed by atoms with E-state index in [9.17, 15) is 14.7 Å². The molecule has 24 heavy (non-hydrogen) atoms. The van der Waals surface area contributed by atoms with Crippen molar-refractivity contribution in [3.8, 4) is 0 Å². The third-order valence-electron chi connectivity index (χ3n) is 4.89. The largest absolute Gasteiger partial charge is 0.478 e. The second-order valence-corrected chi connectivity index (χ2v) is 6.67. The van der Waals surface area contributed by atoms with Gasteiger partial charge in [0.25, 0.3) is 0 Å². The molecule has 0 amide bonds. The molecular formula is C18H28N2O4. The van der Waals surface area contributed by atoms with E-state index < -0.39 is 17.9 Å². The number of allylic oxidation sites excluding steroid dienone is 2. The average molecular weight is 336 g/mol. The smallest absolute Gasteiger partial charge is 0.336 e. The maximum Gasteiger partial charge on any atom is 0.336 e. The van der Waals surface area contributed by atoms with Gasteiger partial charge in [0.15, 0.2) is 0 Å². The van der Waals surface area contributed by atoms with Gasteiger partial charge in [0.1, 0.15) is 6.10 Å². The summed E-state index contributed by atoms with van der Waals surface area (Å²) < 4.78 is 5.71. The lowest BCUT2D eigenvalue weighted by Gasteiger charge is -2.29. The third-order valence-corrected chi connectivity index (χ3v) is 4.89. The minimum absolute atomic E-state index is 0.164. The first-order chi connectivity index (χ1) is 11.3. The predicted molar refractivity (Wildman–Crippen MR) is 91.2 cm³/mol. The summed E-state index contributed by atoms with van der Waals surface area (Å²) in [6, 6.07) is 0. The van der Waals surface area contributed by atoms with Crippen LogP contribution in [0.1, 0.15) is 47.0 Å². The Balaban J connectivity index is 2.09. The minimum Gasteiger partial charge on any atom is -0.478 e. The zero-order valence-electron chi connectivity index (χ0n) is 15.0. The number of nitrogens with zero attached hydrogens (tertiary/aromatic N) is 1. The van der Waals surface area contributed by atoms with Gasteiger partial charge in [-0.05, 0) is 46.2 Å². The van der Waals surface area contributed by atoms with Crippen LogP contribution in [0.5, 0.6) is 0 Å². The Morgan fingerprint density at radius 2 is 1.83 bits per heavy atom. The van der Waals surface area contributed by atoms with Gasteiger partial charge >= 0.3 is 11.9 Å². The van der Waals surface area contributed by atoms with Crippen LogP contribution in [0.3, 0.4) is 0 Å². The number of ether oxygens (including phenoxy) is 1. The molecule has 0 aromatic rings. The number of dihydropyridines is 1. The monoisotopic (exact) mass is 336 g/mol. The van der Waals surface area contributed by atoms with Crippen molar-refractivity contribution >= 4 is 11.9 Å². The summed E-state index contributed by atoms with van der Waals surface area (Å²) in [4.78, 5) is 26.5. The fourth-order valence-electron chi connectivity index (χ4n) is 3.60. The number of carboxylic acid groups (broad SMARTS) is 1. The van der Waals surface area contributed by atoms with E-state index in [0.29, 0.717) is 17.0 Å². The quantitative estimate of drug-likeness (QED) is 0.725. The lowest BCUT2D eigenvalue weighted by Crippen LogP contribution is -2.36. The van der Waals surface area contributed by atoms with Gasteiger partial charge < -0.3 is 15.2 Å². The molecule has 2 N–H and O–H groups in total. The third kappa shape index (κ3) is 3.98. The normalized spacial score (nSPS) is 23.2. The van der Waals surface area contributed by atoms with Gasteiger partial charge in [0, 0.05) is 23.9 Å². The van der Waals surface area contributed by atoms with Crippen molar-refractivity contribution in [1.29, 1.82) is 0 Å². The molecule has 1 saturated heterocycles. The predicted octanol–water partition coefficient (Wildman–Crippen LogP) is 2.28. The molecule has 0 aliphatic carbocycles. The molecule has 2 aliphatic heterocycles. The Labute approximate surface area is 143 Å². The van der Waals surface area contributed by atoms with E-state index in [-0.39, 0.29) is 11.7 Å². The second kappa shape index (κ2) is 7.83. The van der Waals surface area contributed by atoms with E-state index in [4.69, 9.17) is 4.74 Å². The van der Waals surface area contributed by atoms with Gasteiger partial charge in [-0.25, -0.2) is 9.59 Å². The highest BCUT2D eigenvalue weighted by molar-refractivity contribution is 5.96. The molecule has 2 rings (SSSR count). The molecule has 2 aliphatic rings. The number of likely N-dealkylation sites (tertiary alicyclic amines) is 1. The van der Waals surface area contributed by atoms with E-state index in [1.54, 1.807) is 20.8 Å².